The minimum atomic E-state index is 0.543. The molecular formula is C26H36N4O2. The Labute approximate surface area is 192 Å². The van der Waals surface area contributed by atoms with Gasteiger partial charge < -0.3 is 25.0 Å². The van der Waals surface area contributed by atoms with Gasteiger partial charge in [0.05, 0.1) is 13.2 Å². The zero-order valence-corrected chi connectivity index (χ0v) is 19.6. The smallest absolute Gasteiger partial charge is 0.191 e. The third kappa shape index (κ3) is 7.31. The van der Waals surface area contributed by atoms with Crippen molar-refractivity contribution in [1.82, 2.24) is 10.6 Å². The summed E-state index contributed by atoms with van der Waals surface area (Å²) < 4.78 is 11.4. The number of anilines is 1. The van der Waals surface area contributed by atoms with Crippen LogP contribution in [0, 0.1) is 6.92 Å². The van der Waals surface area contributed by atoms with E-state index in [0.29, 0.717) is 32.9 Å². The first kappa shape index (κ1) is 23.7. The van der Waals surface area contributed by atoms with E-state index in [1.54, 1.807) is 0 Å². The number of guanidine groups is 1. The van der Waals surface area contributed by atoms with Crippen LogP contribution in [0.25, 0.3) is 0 Å². The molecule has 0 bridgehead atoms. The highest BCUT2D eigenvalue weighted by Gasteiger charge is 2.09. The van der Waals surface area contributed by atoms with Gasteiger partial charge >= 0.3 is 0 Å². The number of aryl methyl sites for hydroxylation is 1. The Hall–Kier alpha value is -2.99. The molecule has 0 aliphatic carbocycles. The average Bonchev–Trinajstić information content (AvgIpc) is 3.35. The molecule has 0 aromatic heterocycles. The highest BCUT2D eigenvalue weighted by molar-refractivity contribution is 5.79. The number of rotatable bonds is 11. The predicted octanol–water partition coefficient (Wildman–Crippen LogP) is 4.04. The lowest BCUT2D eigenvalue weighted by molar-refractivity contribution is 0.110. The van der Waals surface area contributed by atoms with E-state index in [1.807, 2.05) is 6.92 Å². The van der Waals surface area contributed by atoms with Gasteiger partial charge in [0.25, 0.3) is 0 Å². The second kappa shape index (κ2) is 12.8. The second-order valence-electron chi connectivity index (χ2n) is 7.75. The summed E-state index contributed by atoms with van der Waals surface area (Å²) in [6, 6.07) is 14.9. The first-order chi connectivity index (χ1) is 15.7. The lowest BCUT2D eigenvalue weighted by atomic mass is 10.1. The van der Waals surface area contributed by atoms with Crippen LogP contribution in [0.5, 0.6) is 5.75 Å². The van der Waals surface area contributed by atoms with Crippen LogP contribution in [0.3, 0.4) is 0 Å². The SMILES string of the molecule is CCNC(=NCc1cccc(N2CC=CC2)c1)NCc1ccc(C)cc1OCCOCC. The number of nitrogens with zero attached hydrogens (tertiary/aromatic N) is 2. The van der Waals surface area contributed by atoms with Crippen molar-refractivity contribution in [2.45, 2.75) is 33.9 Å². The van der Waals surface area contributed by atoms with Crippen LogP contribution < -0.4 is 20.3 Å². The summed E-state index contributed by atoms with van der Waals surface area (Å²) in [6.45, 7) is 12.0. The van der Waals surface area contributed by atoms with Crippen LogP contribution in [0.4, 0.5) is 5.69 Å². The zero-order chi connectivity index (χ0) is 22.6. The molecule has 2 N–H and O–H groups in total. The van der Waals surface area contributed by atoms with Crippen molar-refractivity contribution in [1.29, 1.82) is 0 Å². The van der Waals surface area contributed by atoms with Crippen molar-refractivity contribution >= 4 is 11.6 Å². The molecule has 0 saturated carbocycles. The standard InChI is InChI=1S/C26H36N4O2/c1-4-27-26(28-19-22-9-8-10-24(18-22)30-13-6-7-14-30)29-20-23-12-11-21(3)17-25(23)32-16-15-31-5-2/h6-12,17-18H,4-5,13-16,19-20H2,1-3H3,(H2,27,28,29). The molecule has 0 radical (unpaired) electrons. The van der Waals surface area contributed by atoms with E-state index in [-0.39, 0.29) is 0 Å². The Morgan fingerprint density at radius 2 is 1.88 bits per heavy atom. The summed E-state index contributed by atoms with van der Waals surface area (Å²) in [7, 11) is 0. The highest BCUT2D eigenvalue weighted by atomic mass is 16.5. The number of benzene rings is 2. The van der Waals surface area contributed by atoms with Gasteiger partial charge in [0.15, 0.2) is 5.96 Å². The van der Waals surface area contributed by atoms with E-state index in [0.717, 1.165) is 36.9 Å². The Balaban J connectivity index is 1.62. The number of hydrogen-bond donors (Lipinski definition) is 2. The Kier molecular flexibility index (Phi) is 9.44. The maximum Gasteiger partial charge on any atom is 0.191 e. The molecule has 32 heavy (non-hydrogen) atoms. The molecule has 0 atom stereocenters. The van der Waals surface area contributed by atoms with E-state index in [9.17, 15) is 0 Å². The third-order valence-corrected chi connectivity index (χ3v) is 5.22. The van der Waals surface area contributed by atoms with Gasteiger partial charge in [-0.25, -0.2) is 4.99 Å². The van der Waals surface area contributed by atoms with Gasteiger partial charge in [-0.2, -0.15) is 0 Å². The molecule has 6 heteroatoms. The van der Waals surface area contributed by atoms with Gasteiger partial charge in [0.1, 0.15) is 12.4 Å². The molecule has 1 heterocycles. The van der Waals surface area contributed by atoms with Crippen molar-refractivity contribution in [2.75, 3.05) is 44.4 Å². The summed E-state index contributed by atoms with van der Waals surface area (Å²) in [5.74, 6) is 1.68. The van der Waals surface area contributed by atoms with Crippen LogP contribution in [0.15, 0.2) is 59.6 Å². The Bertz CT molecular complexity index is 902. The van der Waals surface area contributed by atoms with E-state index < -0.39 is 0 Å². The molecule has 0 spiro atoms. The number of hydrogen-bond acceptors (Lipinski definition) is 4. The van der Waals surface area contributed by atoms with E-state index in [4.69, 9.17) is 14.5 Å². The minimum absolute atomic E-state index is 0.543. The van der Waals surface area contributed by atoms with E-state index >= 15 is 0 Å². The molecular weight excluding hydrogens is 400 g/mol. The van der Waals surface area contributed by atoms with Gasteiger partial charge in [-0.15, -0.1) is 0 Å². The first-order valence-electron chi connectivity index (χ1n) is 11.5. The second-order valence-corrected chi connectivity index (χ2v) is 7.75. The topological polar surface area (TPSA) is 58.1 Å². The molecule has 1 aliphatic rings. The van der Waals surface area contributed by atoms with Gasteiger partial charge in [-0.1, -0.05) is 36.4 Å². The van der Waals surface area contributed by atoms with Crippen molar-refractivity contribution in [3.8, 4) is 5.75 Å². The third-order valence-electron chi connectivity index (χ3n) is 5.22. The molecule has 6 nitrogen and oxygen atoms in total. The first-order valence-corrected chi connectivity index (χ1v) is 11.5. The van der Waals surface area contributed by atoms with Crippen molar-refractivity contribution < 1.29 is 9.47 Å². The Morgan fingerprint density at radius 3 is 2.66 bits per heavy atom. The maximum atomic E-state index is 5.97. The average molecular weight is 437 g/mol. The van der Waals surface area contributed by atoms with Crippen LogP contribution in [0.2, 0.25) is 0 Å². The fraction of sp³-hybridized carbons (Fsp3) is 0.423. The van der Waals surface area contributed by atoms with Gasteiger partial charge in [-0.05, 0) is 50.1 Å². The largest absolute Gasteiger partial charge is 0.491 e. The summed E-state index contributed by atoms with van der Waals surface area (Å²) >= 11 is 0. The monoisotopic (exact) mass is 436 g/mol. The quantitative estimate of drug-likeness (QED) is 0.241. The number of ether oxygens (including phenoxy) is 2. The molecule has 0 fully saturated rings. The predicted molar refractivity (Wildman–Crippen MR) is 133 cm³/mol. The van der Waals surface area contributed by atoms with Crippen LogP contribution in [-0.4, -0.2) is 45.4 Å². The van der Waals surface area contributed by atoms with Gasteiger partial charge in [-0.3, -0.25) is 0 Å². The summed E-state index contributed by atoms with van der Waals surface area (Å²) in [4.78, 5) is 7.15. The van der Waals surface area contributed by atoms with Crippen LogP contribution in [0.1, 0.15) is 30.5 Å². The molecule has 0 saturated heterocycles. The molecule has 3 rings (SSSR count). The fourth-order valence-electron chi connectivity index (χ4n) is 3.53. The molecule has 0 amide bonds. The number of nitrogens with one attached hydrogen (secondary N) is 2. The van der Waals surface area contributed by atoms with Crippen molar-refractivity contribution in [2.24, 2.45) is 4.99 Å². The van der Waals surface area contributed by atoms with Crippen molar-refractivity contribution in [3.63, 3.8) is 0 Å². The van der Waals surface area contributed by atoms with Crippen LogP contribution >= 0.6 is 0 Å². The highest BCUT2D eigenvalue weighted by Crippen LogP contribution is 2.21. The summed E-state index contributed by atoms with van der Waals surface area (Å²) in [5, 5.41) is 6.79. The Morgan fingerprint density at radius 1 is 1.03 bits per heavy atom. The molecule has 172 valence electrons. The maximum absolute atomic E-state index is 5.97. The molecule has 0 unspecified atom stereocenters. The zero-order valence-electron chi connectivity index (χ0n) is 19.6. The summed E-state index contributed by atoms with van der Waals surface area (Å²) in [5.41, 5.74) is 4.71. The fourth-order valence-corrected chi connectivity index (χ4v) is 3.53. The van der Waals surface area contributed by atoms with Crippen molar-refractivity contribution in [3.05, 3.63) is 71.3 Å². The summed E-state index contributed by atoms with van der Waals surface area (Å²) in [6.07, 6.45) is 4.41. The van der Waals surface area contributed by atoms with Crippen LogP contribution in [-0.2, 0) is 17.8 Å². The normalized spacial score (nSPS) is 13.5. The van der Waals surface area contributed by atoms with Gasteiger partial charge in [0, 0.05) is 44.0 Å². The molecule has 2 aromatic rings. The lowest BCUT2D eigenvalue weighted by Crippen LogP contribution is -2.36. The lowest BCUT2D eigenvalue weighted by Gasteiger charge is -2.18. The van der Waals surface area contributed by atoms with E-state index in [1.165, 1.54) is 16.8 Å². The van der Waals surface area contributed by atoms with E-state index in [2.05, 4.69) is 84.0 Å². The number of aliphatic imine (C=N–C) groups is 1. The van der Waals surface area contributed by atoms with Gasteiger partial charge in [0.2, 0.25) is 0 Å². The molecule has 2 aromatic carbocycles. The molecule has 1 aliphatic heterocycles. The minimum Gasteiger partial charge on any atom is -0.491 e.